The minimum Gasteiger partial charge on any atom is -0.316 e. The highest BCUT2D eigenvalue weighted by molar-refractivity contribution is 5.59. The summed E-state index contributed by atoms with van der Waals surface area (Å²) in [7, 11) is 1.93. The van der Waals surface area contributed by atoms with Crippen LogP contribution in [0, 0.1) is 5.82 Å². The molecule has 1 aliphatic carbocycles. The predicted octanol–water partition coefficient (Wildman–Crippen LogP) is 2.37. The molecule has 2 rings (SSSR count). The van der Waals surface area contributed by atoms with Crippen LogP contribution in [0.25, 0.3) is 6.08 Å². The van der Waals surface area contributed by atoms with Crippen molar-refractivity contribution in [2.45, 2.75) is 12.8 Å². The molecule has 0 saturated carbocycles. The fourth-order valence-electron chi connectivity index (χ4n) is 1.88. The van der Waals surface area contributed by atoms with Gasteiger partial charge in [0.25, 0.3) is 0 Å². The van der Waals surface area contributed by atoms with E-state index in [1.165, 1.54) is 17.2 Å². The van der Waals surface area contributed by atoms with E-state index in [1.807, 2.05) is 13.1 Å². The fraction of sp³-hybridized carbons (Fsp3) is 0.333. The first-order valence-corrected chi connectivity index (χ1v) is 4.92. The van der Waals surface area contributed by atoms with Crippen molar-refractivity contribution in [1.29, 1.82) is 0 Å². The second-order valence-corrected chi connectivity index (χ2v) is 3.68. The normalized spacial score (nSPS) is 14.9. The molecule has 0 aromatic heterocycles. The van der Waals surface area contributed by atoms with Gasteiger partial charge in [-0.25, -0.2) is 4.39 Å². The van der Waals surface area contributed by atoms with Crippen molar-refractivity contribution in [3.8, 4) is 0 Å². The molecular formula is C12H14FN. The van der Waals surface area contributed by atoms with Gasteiger partial charge < -0.3 is 5.32 Å². The first-order valence-electron chi connectivity index (χ1n) is 4.92. The van der Waals surface area contributed by atoms with Gasteiger partial charge >= 0.3 is 0 Å². The topological polar surface area (TPSA) is 12.0 Å². The number of hydrogen-bond acceptors (Lipinski definition) is 1. The molecule has 0 saturated heterocycles. The van der Waals surface area contributed by atoms with E-state index in [-0.39, 0.29) is 5.82 Å². The molecule has 1 nitrogen and oxygen atoms in total. The molecule has 0 spiro atoms. The monoisotopic (exact) mass is 191 g/mol. The fourth-order valence-corrected chi connectivity index (χ4v) is 1.88. The number of rotatable bonds is 2. The highest BCUT2D eigenvalue weighted by Crippen LogP contribution is 2.23. The molecule has 1 aliphatic rings. The molecule has 1 N–H and O–H groups in total. The Balaban J connectivity index is 2.32. The summed E-state index contributed by atoms with van der Waals surface area (Å²) in [5.74, 6) is -0.147. The Bertz CT molecular complexity index is 369. The lowest BCUT2D eigenvalue weighted by Crippen LogP contribution is -2.13. The van der Waals surface area contributed by atoms with Crippen LogP contribution >= 0.6 is 0 Å². The van der Waals surface area contributed by atoms with E-state index in [1.54, 1.807) is 6.07 Å². The van der Waals surface area contributed by atoms with E-state index in [0.29, 0.717) is 0 Å². The molecule has 0 unspecified atom stereocenters. The summed E-state index contributed by atoms with van der Waals surface area (Å²) in [5.41, 5.74) is 3.65. The van der Waals surface area contributed by atoms with Gasteiger partial charge in [-0.2, -0.15) is 0 Å². The van der Waals surface area contributed by atoms with Crippen LogP contribution in [0.2, 0.25) is 0 Å². The average molecular weight is 191 g/mol. The molecule has 1 aromatic carbocycles. The standard InChI is InChI=1S/C12H14FN/c1-14-8-9-2-3-10-4-5-12(13)7-11(10)6-9/h4-7,14H,2-3,8H2,1H3. The lowest BCUT2D eigenvalue weighted by Gasteiger charge is -2.16. The maximum Gasteiger partial charge on any atom is 0.123 e. The van der Waals surface area contributed by atoms with Crippen LogP contribution < -0.4 is 5.32 Å². The highest BCUT2D eigenvalue weighted by atomic mass is 19.1. The van der Waals surface area contributed by atoms with Crippen LogP contribution in [0.3, 0.4) is 0 Å². The summed E-state index contributed by atoms with van der Waals surface area (Å²) in [6, 6.07) is 5.04. The molecule has 0 radical (unpaired) electrons. The Morgan fingerprint density at radius 3 is 3.00 bits per heavy atom. The van der Waals surface area contributed by atoms with E-state index in [0.717, 1.165) is 24.9 Å². The van der Waals surface area contributed by atoms with Crippen LogP contribution in [-0.2, 0) is 6.42 Å². The maximum absolute atomic E-state index is 13.0. The Hall–Kier alpha value is -1.15. The van der Waals surface area contributed by atoms with E-state index in [2.05, 4.69) is 11.4 Å². The molecule has 0 bridgehead atoms. The molecule has 74 valence electrons. The molecule has 14 heavy (non-hydrogen) atoms. The van der Waals surface area contributed by atoms with Crippen LogP contribution in [0.1, 0.15) is 17.5 Å². The number of nitrogens with one attached hydrogen (secondary N) is 1. The van der Waals surface area contributed by atoms with Gasteiger partial charge in [-0.15, -0.1) is 0 Å². The quantitative estimate of drug-likeness (QED) is 0.756. The number of likely N-dealkylation sites (N-methyl/N-ethyl adjacent to an activating group) is 1. The number of fused-ring (bicyclic) bond motifs is 1. The summed E-state index contributed by atoms with van der Waals surface area (Å²) in [6.45, 7) is 0.899. The number of aryl methyl sites for hydroxylation is 1. The lowest BCUT2D eigenvalue weighted by molar-refractivity contribution is 0.626. The molecular weight excluding hydrogens is 177 g/mol. The van der Waals surface area contributed by atoms with Crippen LogP contribution in [0.5, 0.6) is 0 Å². The maximum atomic E-state index is 13.0. The van der Waals surface area contributed by atoms with Gasteiger partial charge in [0.15, 0.2) is 0 Å². The summed E-state index contributed by atoms with van der Waals surface area (Å²) < 4.78 is 13.0. The van der Waals surface area contributed by atoms with Gasteiger partial charge in [0.2, 0.25) is 0 Å². The third-order valence-corrected chi connectivity index (χ3v) is 2.59. The first kappa shape index (κ1) is 9.41. The smallest absolute Gasteiger partial charge is 0.123 e. The zero-order valence-electron chi connectivity index (χ0n) is 8.31. The second-order valence-electron chi connectivity index (χ2n) is 3.68. The third-order valence-electron chi connectivity index (χ3n) is 2.59. The molecule has 0 heterocycles. The summed E-state index contributed by atoms with van der Waals surface area (Å²) in [5, 5.41) is 3.12. The minimum atomic E-state index is -0.147. The Morgan fingerprint density at radius 1 is 1.36 bits per heavy atom. The van der Waals surface area contributed by atoms with Gasteiger partial charge in [-0.1, -0.05) is 17.7 Å². The van der Waals surface area contributed by atoms with Crippen LogP contribution in [0.15, 0.2) is 23.8 Å². The van der Waals surface area contributed by atoms with E-state index in [4.69, 9.17) is 0 Å². The molecule has 0 fully saturated rings. The SMILES string of the molecule is CNCC1=Cc2cc(F)ccc2CC1. The lowest BCUT2D eigenvalue weighted by atomic mass is 9.92. The van der Waals surface area contributed by atoms with E-state index < -0.39 is 0 Å². The van der Waals surface area contributed by atoms with Crippen molar-refractivity contribution < 1.29 is 4.39 Å². The largest absolute Gasteiger partial charge is 0.316 e. The summed E-state index contributed by atoms with van der Waals surface area (Å²) in [4.78, 5) is 0. The minimum absolute atomic E-state index is 0.147. The van der Waals surface area contributed by atoms with Crippen molar-refractivity contribution in [1.82, 2.24) is 5.32 Å². The molecule has 2 heteroatoms. The highest BCUT2D eigenvalue weighted by Gasteiger charge is 2.09. The molecule has 1 aromatic rings. The zero-order chi connectivity index (χ0) is 9.97. The number of benzene rings is 1. The Labute approximate surface area is 83.6 Å². The average Bonchev–Trinajstić information content (AvgIpc) is 2.17. The first-order chi connectivity index (χ1) is 6.79. The summed E-state index contributed by atoms with van der Waals surface area (Å²) in [6.07, 6.45) is 4.21. The predicted molar refractivity (Wildman–Crippen MR) is 56.6 cm³/mol. The van der Waals surface area contributed by atoms with Crippen molar-refractivity contribution in [3.05, 3.63) is 40.7 Å². The molecule has 0 atom stereocenters. The number of hydrogen-bond donors (Lipinski definition) is 1. The van der Waals surface area contributed by atoms with Crippen molar-refractivity contribution >= 4 is 6.08 Å². The second kappa shape index (κ2) is 3.93. The Kier molecular flexibility index (Phi) is 2.64. The van der Waals surface area contributed by atoms with Gasteiger partial charge in [-0.05, 0) is 43.1 Å². The van der Waals surface area contributed by atoms with E-state index >= 15 is 0 Å². The van der Waals surface area contributed by atoms with Gasteiger partial charge in [0.1, 0.15) is 5.82 Å². The van der Waals surface area contributed by atoms with Gasteiger partial charge in [0, 0.05) is 6.54 Å². The summed E-state index contributed by atoms with van der Waals surface area (Å²) >= 11 is 0. The van der Waals surface area contributed by atoms with E-state index in [9.17, 15) is 4.39 Å². The van der Waals surface area contributed by atoms with Crippen LogP contribution in [-0.4, -0.2) is 13.6 Å². The molecule has 0 amide bonds. The third kappa shape index (κ3) is 1.85. The van der Waals surface area contributed by atoms with Crippen molar-refractivity contribution in [2.24, 2.45) is 0 Å². The zero-order valence-corrected chi connectivity index (χ0v) is 8.31. The van der Waals surface area contributed by atoms with Crippen molar-refractivity contribution in [3.63, 3.8) is 0 Å². The van der Waals surface area contributed by atoms with Gasteiger partial charge in [0.05, 0.1) is 0 Å². The Morgan fingerprint density at radius 2 is 2.21 bits per heavy atom. The van der Waals surface area contributed by atoms with Crippen LogP contribution in [0.4, 0.5) is 4.39 Å². The van der Waals surface area contributed by atoms with Gasteiger partial charge in [-0.3, -0.25) is 0 Å². The number of halogens is 1. The van der Waals surface area contributed by atoms with Crippen molar-refractivity contribution in [2.75, 3.05) is 13.6 Å². The molecule has 0 aliphatic heterocycles.